The average molecular weight is 392 g/mol. The first-order chi connectivity index (χ1) is 12.8. The van der Waals surface area contributed by atoms with Crippen LogP contribution in [0.25, 0.3) is 0 Å². The maximum Gasteiger partial charge on any atom is 0.408 e. The number of hydrogen-bond acceptors (Lipinski definition) is 4. The zero-order chi connectivity index (χ0) is 21.5. The molecule has 0 unspecified atom stereocenters. The number of hydrogen-bond donors (Lipinski definition) is 3. The van der Waals surface area contributed by atoms with Crippen molar-refractivity contribution in [3.8, 4) is 0 Å². The summed E-state index contributed by atoms with van der Waals surface area (Å²) < 4.78 is 5.31. The molecule has 0 radical (unpaired) electrons. The largest absolute Gasteiger partial charge is 0.444 e. The normalized spacial score (nSPS) is 13.0. The number of rotatable bonds is 7. The van der Waals surface area contributed by atoms with Crippen molar-refractivity contribution in [3.05, 3.63) is 29.8 Å². The minimum atomic E-state index is -0.710. The summed E-state index contributed by atoms with van der Waals surface area (Å²) >= 11 is 0. The second kappa shape index (κ2) is 9.80. The van der Waals surface area contributed by atoms with Crippen LogP contribution in [0.2, 0.25) is 0 Å². The molecule has 1 atom stereocenters. The van der Waals surface area contributed by atoms with Gasteiger partial charge < -0.3 is 20.7 Å². The predicted octanol–water partition coefficient (Wildman–Crippen LogP) is 4.31. The molecule has 158 valence electrons. The molecule has 2 amide bonds. The molecule has 6 nitrogen and oxygen atoms in total. The third-order valence-electron chi connectivity index (χ3n) is 3.96. The number of carbonyl (C=O) groups is 2. The summed E-state index contributed by atoms with van der Waals surface area (Å²) in [5.74, 6) is 0.281. The van der Waals surface area contributed by atoms with Crippen LogP contribution in [0, 0.1) is 11.3 Å². The number of nitrogens with one attached hydrogen (secondary N) is 3. The van der Waals surface area contributed by atoms with Crippen molar-refractivity contribution >= 4 is 17.7 Å². The molecule has 1 aromatic carbocycles. The molecule has 0 spiro atoms. The maximum absolute atomic E-state index is 12.8. The van der Waals surface area contributed by atoms with Crippen LogP contribution in [0.4, 0.5) is 10.5 Å². The number of ether oxygens (including phenoxy) is 1. The summed E-state index contributed by atoms with van der Waals surface area (Å²) in [6.07, 6.45) is -0.596. The van der Waals surface area contributed by atoms with E-state index >= 15 is 0 Å². The fourth-order valence-corrected chi connectivity index (χ4v) is 2.55. The highest BCUT2D eigenvalue weighted by molar-refractivity contribution is 5.86. The lowest BCUT2D eigenvalue weighted by atomic mass is 9.86. The van der Waals surface area contributed by atoms with Gasteiger partial charge in [-0.05, 0) is 43.7 Å². The monoisotopic (exact) mass is 391 g/mol. The van der Waals surface area contributed by atoms with Gasteiger partial charge in [-0.1, -0.05) is 52.8 Å². The van der Waals surface area contributed by atoms with Crippen molar-refractivity contribution in [2.45, 2.75) is 73.6 Å². The van der Waals surface area contributed by atoms with Crippen LogP contribution >= 0.6 is 0 Å². The van der Waals surface area contributed by atoms with Crippen LogP contribution in [0.3, 0.4) is 0 Å². The molecule has 0 aromatic heterocycles. The fraction of sp³-hybridized carbons (Fsp3) is 0.636. The maximum atomic E-state index is 12.8. The van der Waals surface area contributed by atoms with Gasteiger partial charge in [0.1, 0.15) is 11.6 Å². The van der Waals surface area contributed by atoms with E-state index in [1.165, 1.54) is 0 Å². The summed E-state index contributed by atoms with van der Waals surface area (Å²) in [7, 11) is 0. The Morgan fingerprint density at radius 1 is 1.04 bits per heavy atom. The van der Waals surface area contributed by atoms with Gasteiger partial charge >= 0.3 is 6.09 Å². The lowest BCUT2D eigenvalue weighted by Crippen LogP contribution is -2.54. The van der Waals surface area contributed by atoms with Crippen LogP contribution < -0.4 is 16.0 Å². The molecule has 3 N–H and O–H groups in total. The molecule has 0 aliphatic heterocycles. The second-order valence-electron chi connectivity index (χ2n) is 9.59. The Hall–Kier alpha value is -2.24. The topological polar surface area (TPSA) is 79.5 Å². The van der Waals surface area contributed by atoms with Crippen LogP contribution in [0.5, 0.6) is 0 Å². The van der Waals surface area contributed by atoms with Crippen LogP contribution in [-0.2, 0) is 16.1 Å². The van der Waals surface area contributed by atoms with Crippen molar-refractivity contribution in [2.75, 3.05) is 11.9 Å². The molecule has 0 saturated carbocycles. The van der Waals surface area contributed by atoms with Gasteiger partial charge in [-0.25, -0.2) is 4.79 Å². The van der Waals surface area contributed by atoms with Gasteiger partial charge in [-0.2, -0.15) is 0 Å². The van der Waals surface area contributed by atoms with Crippen LogP contribution in [0.1, 0.15) is 61.0 Å². The molecule has 0 heterocycles. The fourth-order valence-electron chi connectivity index (χ4n) is 2.55. The molecule has 0 bridgehead atoms. The van der Waals surface area contributed by atoms with E-state index in [9.17, 15) is 9.59 Å². The smallest absolute Gasteiger partial charge is 0.408 e. The highest BCUT2D eigenvalue weighted by atomic mass is 16.6. The summed E-state index contributed by atoms with van der Waals surface area (Å²) in [5.41, 5.74) is 0.922. The second-order valence-corrected chi connectivity index (χ2v) is 9.59. The third-order valence-corrected chi connectivity index (χ3v) is 3.96. The van der Waals surface area contributed by atoms with E-state index in [1.807, 2.05) is 45.0 Å². The summed E-state index contributed by atoms with van der Waals surface area (Å²) in [6, 6.07) is 7.19. The van der Waals surface area contributed by atoms with E-state index in [4.69, 9.17) is 4.74 Å². The Labute approximate surface area is 169 Å². The van der Waals surface area contributed by atoms with E-state index in [-0.39, 0.29) is 5.91 Å². The van der Waals surface area contributed by atoms with Gasteiger partial charge in [0.05, 0.1) is 0 Å². The van der Waals surface area contributed by atoms with E-state index < -0.39 is 23.2 Å². The Kier molecular flexibility index (Phi) is 8.33. The van der Waals surface area contributed by atoms with Gasteiger partial charge in [-0.15, -0.1) is 0 Å². The molecule has 1 rings (SSSR count). The Morgan fingerprint density at radius 3 is 2.18 bits per heavy atom. The molecule has 0 aliphatic rings. The first-order valence-electron chi connectivity index (χ1n) is 9.88. The van der Waals surface area contributed by atoms with Gasteiger partial charge in [0.25, 0.3) is 0 Å². The van der Waals surface area contributed by atoms with Crippen molar-refractivity contribution in [2.24, 2.45) is 11.3 Å². The predicted molar refractivity (Wildman–Crippen MR) is 114 cm³/mol. The highest BCUT2D eigenvalue weighted by Crippen LogP contribution is 2.21. The Morgan fingerprint density at radius 2 is 1.64 bits per heavy atom. The molecule has 0 fully saturated rings. The van der Waals surface area contributed by atoms with Crippen LogP contribution in [-0.4, -0.2) is 30.2 Å². The highest BCUT2D eigenvalue weighted by Gasteiger charge is 2.34. The lowest BCUT2D eigenvalue weighted by molar-refractivity contribution is -0.125. The summed E-state index contributed by atoms with van der Waals surface area (Å²) in [4.78, 5) is 25.0. The Bertz CT molecular complexity index is 658. The molecule has 1 aromatic rings. The Balaban J connectivity index is 2.81. The minimum absolute atomic E-state index is 0.239. The van der Waals surface area contributed by atoms with Gasteiger partial charge in [0.2, 0.25) is 5.91 Å². The van der Waals surface area contributed by atoms with Crippen molar-refractivity contribution in [1.29, 1.82) is 0 Å². The standard InChI is InChI=1S/C22H37N3O3/c1-15(2)13-23-17-12-10-9-11-16(17)14-24-19(26)18(21(3,4)5)25-20(27)28-22(6,7)8/h9-12,15,18,23H,13-14H2,1-8H3,(H,24,26)(H,25,27)/t18-/m1/s1. The quantitative estimate of drug-likeness (QED) is 0.647. The number of carbonyl (C=O) groups excluding carboxylic acids is 2. The zero-order valence-corrected chi connectivity index (χ0v) is 18.6. The van der Waals surface area contributed by atoms with Gasteiger partial charge in [0, 0.05) is 18.8 Å². The van der Waals surface area contributed by atoms with Gasteiger partial charge in [-0.3, -0.25) is 4.79 Å². The first kappa shape index (κ1) is 23.8. The van der Waals surface area contributed by atoms with Gasteiger partial charge in [0.15, 0.2) is 0 Å². The molecule has 6 heteroatoms. The summed E-state index contributed by atoms with van der Waals surface area (Å²) in [5, 5.41) is 9.08. The SMILES string of the molecule is CC(C)CNc1ccccc1CNC(=O)[C@@H](NC(=O)OC(C)(C)C)C(C)(C)C. The number of alkyl carbamates (subject to hydrolysis) is 1. The summed E-state index contributed by atoms with van der Waals surface area (Å²) in [6.45, 7) is 16.6. The zero-order valence-electron chi connectivity index (χ0n) is 18.6. The van der Waals surface area contributed by atoms with Crippen LogP contribution in [0.15, 0.2) is 24.3 Å². The molecule has 0 aliphatic carbocycles. The van der Waals surface area contributed by atoms with Crippen molar-refractivity contribution in [1.82, 2.24) is 10.6 Å². The van der Waals surface area contributed by atoms with Crippen molar-refractivity contribution < 1.29 is 14.3 Å². The molecular weight excluding hydrogens is 354 g/mol. The molecule has 28 heavy (non-hydrogen) atoms. The minimum Gasteiger partial charge on any atom is -0.444 e. The van der Waals surface area contributed by atoms with E-state index in [0.717, 1.165) is 17.8 Å². The first-order valence-corrected chi connectivity index (χ1v) is 9.88. The van der Waals surface area contributed by atoms with E-state index in [1.54, 1.807) is 20.8 Å². The third kappa shape index (κ3) is 8.63. The number of benzene rings is 1. The number of amides is 2. The van der Waals surface area contributed by atoms with E-state index in [0.29, 0.717) is 12.5 Å². The average Bonchev–Trinajstić information content (AvgIpc) is 2.53. The lowest BCUT2D eigenvalue weighted by Gasteiger charge is -2.31. The number of para-hydroxylation sites is 1. The number of anilines is 1. The van der Waals surface area contributed by atoms with Crippen molar-refractivity contribution in [3.63, 3.8) is 0 Å². The molecular formula is C22H37N3O3. The molecule has 0 saturated heterocycles. The van der Waals surface area contributed by atoms with E-state index in [2.05, 4.69) is 29.8 Å².